The van der Waals surface area contributed by atoms with Gasteiger partial charge in [0.25, 0.3) is 5.91 Å². The Bertz CT molecular complexity index is 922. The largest absolute Gasteiger partial charge is 0.305 e. The number of nitrogens with one attached hydrogen (secondary N) is 1. The molecule has 0 aliphatic carbocycles. The molecule has 3 aromatic rings. The van der Waals surface area contributed by atoms with Crippen LogP contribution in [-0.4, -0.2) is 15.7 Å². The molecule has 1 aromatic heterocycles. The Balaban J connectivity index is 1.76. The quantitative estimate of drug-likeness (QED) is 0.649. The second kappa shape index (κ2) is 7.44. The molecule has 0 aliphatic rings. The first-order chi connectivity index (χ1) is 12.0. The van der Waals surface area contributed by atoms with E-state index in [1.165, 1.54) is 16.8 Å². The molecule has 0 fully saturated rings. The summed E-state index contributed by atoms with van der Waals surface area (Å²) in [4.78, 5) is 12.3. The average molecular weight is 399 g/mol. The fourth-order valence-electron chi connectivity index (χ4n) is 2.22. The van der Waals surface area contributed by atoms with Crippen molar-refractivity contribution < 1.29 is 9.18 Å². The Kier molecular flexibility index (Phi) is 5.27. The first-order valence-electron chi connectivity index (χ1n) is 7.17. The molecule has 1 amide bonds. The van der Waals surface area contributed by atoms with E-state index in [0.29, 0.717) is 16.4 Å². The van der Waals surface area contributed by atoms with Crippen LogP contribution in [0.1, 0.15) is 15.9 Å². The highest BCUT2D eigenvalue weighted by atomic mass is 35.5. The fraction of sp³-hybridized carbons (Fsp3) is 0.0588. The second-order valence-corrected chi connectivity index (χ2v) is 6.35. The van der Waals surface area contributed by atoms with Gasteiger partial charge in [-0.2, -0.15) is 5.10 Å². The summed E-state index contributed by atoms with van der Waals surface area (Å²) in [6.07, 6.45) is 1.61. The average Bonchev–Trinajstić information content (AvgIpc) is 3.01. The number of anilines is 1. The number of aromatic nitrogens is 2. The zero-order chi connectivity index (χ0) is 18.0. The lowest BCUT2D eigenvalue weighted by atomic mass is 10.2. The van der Waals surface area contributed by atoms with Crippen LogP contribution in [0.15, 0.2) is 48.7 Å². The minimum Gasteiger partial charge on any atom is -0.305 e. The van der Waals surface area contributed by atoms with Gasteiger partial charge in [-0.3, -0.25) is 9.48 Å². The molecule has 128 valence electrons. The van der Waals surface area contributed by atoms with E-state index in [1.807, 2.05) is 0 Å². The van der Waals surface area contributed by atoms with Crippen LogP contribution < -0.4 is 5.32 Å². The lowest BCUT2D eigenvalue weighted by Gasteiger charge is -2.07. The van der Waals surface area contributed by atoms with Crippen molar-refractivity contribution in [2.24, 2.45) is 0 Å². The van der Waals surface area contributed by atoms with Crippen molar-refractivity contribution in [3.63, 3.8) is 0 Å². The number of amides is 1. The van der Waals surface area contributed by atoms with E-state index < -0.39 is 11.7 Å². The molecule has 1 N–H and O–H groups in total. The molecule has 4 nitrogen and oxygen atoms in total. The van der Waals surface area contributed by atoms with Crippen LogP contribution in [0.5, 0.6) is 0 Å². The van der Waals surface area contributed by atoms with Crippen molar-refractivity contribution in [3.8, 4) is 0 Å². The zero-order valence-electron chi connectivity index (χ0n) is 12.6. The Morgan fingerprint density at radius 3 is 2.56 bits per heavy atom. The topological polar surface area (TPSA) is 46.9 Å². The highest BCUT2D eigenvalue weighted by molar-refractivity contribution is 6.44. The number of hydrogen-bond acceptors (Lipinski definition) is 2. The molecule has 0 atom stereocenters. The van der Waals surface area contributed by atoms with Gasteiger partial charge in [0, 0.05) is 22.8 Å². The molecular weight excluding hydrogens is 388 g/mol. The minimum atomic E-state index is -0.443. The van der Waals surface area contributed by atoms with Crippen molar-refractivity contribution in [2.75, 3.05) is 5.32 Å². The van der Waals surface area contributed by atoms with Gasteiger partial charge in [0.1, 0.15) is 5.82 Å². The van der Waals surface area contributed by atoms with E-state index in [4.69, 9.17) is 34.8 Å². The van der Waals surface area contributed by atoms with Crippen molar-refractivity contribution in [3.05, 3.63) is 80.7 Å². The highest BCUT2D eigenvalue weighted by Gasteiger charge is 2.14. The molecule has 0 saturated carbocycles. The number of benzene rings is 2. The molecule has 2 aromatic carbocycles. The summed E-state index contributed by atoms with van der Waals surface area (Å²) in [5.74, 6) is -0.561. The number of carbonyl (C=O) groups is 1. The molecule has 3 rings (SSSR count). The van der Waals surface area contributed by atoms with Gasteiger partial charge in [-0.25, -0.2) is 4.39 Å². The Hall–Kier alpha value is -2.08. The van der Waals surface area contributed by atoms with Crippen LogP contribution in [-0.2, 0) is 6.54 Å². The van der Waals surface area contributed by atoms with E-state index in [2.05, 4.69) is 10.4 Å². The van der Waals surface area contributed by atoms with E-state index in [0.717, 1.165) is 0 Å². The van der Waals surface area contributed by atoms with Gasteiger partial charge in [-0.05, 0) is 24.3 Å². The molecule has 25 heavy (non-hydrogen) atoms. The summed E-state index contributed by atoms with van der Waals surface area (Å²) >= 11 is 17.9. The van der Waals surface area contributed by atoms with Crippen molar-refractivity contribution in [1.29, 1.82) is 0 Å². The summed E-state index contributed by atoms with van der Waals surface area (Å²) in [5.41, 5.74) is 0.559. The fourth-order valence-corrected chi connectivity index (χ4v) is 2.83. The highest BCUT2D eigenvalue weighted by Crippen LogP contribution is 2.26. The Morgan fingerprint density at radius 1 is 1.08 bits per heavy atom. The summed E-state index contributed by atoms with van der Waals surface area (Å²) < 4.78 is 15.3. The van der Waals surface area contributed by atoms with Crippen LogP contribution >= 0.6 is 34.8 Å². The second-order valence-electron chi connectivity index (χ2n) is 5.15. The van der Waals surface area contributed by atoms with Crippen molar-refractivity contribution in [1.82, 2.24) is 9.78 Å². The van der Waals surface area contributed by atoms with Crippen molar-refractivity contribution >= 4 is 46.5 Å². The van der Waals surface area contributed by atoms with Crippen molar-refractivity contribution in [2.45, 2.75) is 6.54 Å². The van der Waals surface area contributed by atoms with E-state index in [1.54, 1.807) is 36.5 Å². The monoisotopic (exact) mass is 397 g/mol. The third-order valence-corrected chi connectivity index (χ3v) is 4.63. The molecule has 0 aliphatic heterocycles. The van der Waals surface area contributed by atoms with Gasteiger partial charge in [0.05, 0.1) is 22.2 Å². The van der Waals surface area contributed by atoms with Crippen LogP contribution in [0, 0.1) is 5.82 Å². The van der Waals surface area contributed by atoms with Gasteiger partial charge in [0.2, 0.25) is 0 Å². The first-order valence-corrected chi connectivity index (χ1v) is 8.31. The van der Waals surface area contributed by atoms with Gasteiger partial charge in [-0.15, -0.1) is 0 Å². The van der Waals surface area contributed by atoms with Crippen LogP contribution in [0.2, 0.25) is 15.1 Å². The number of halogens is 4. The maximum Gasteiger partial charge on any atom is 0.258 e. The molecule has 0 bridgehead atoms. The molecular formula is C17H11Cl3FN3O. The van der Waals surface area contributed by atoms with Crippen LogP contribution in [0.3, 0.4) is 0 Å². The Labute approximate surface area is 158 Å². The lowest BCUT2D eigenvalue weighted by Crippen LogP contribution is -2.13. The maximum absolute atomic E-state index is 13.8. The third-order valence-electron chi connectivity index (χ3n) is 3.46. The summed E-state index contributed by atoms with van der Waals surface area (Å²) in [7, 11) is 0. The normalized spacial score (nSPS) is 10.7. The lowest BCUT2D eigenvalue weighted by molar-refractivity contribution is 0.102. The van der Waals surface area contributed by atoms with Gasteiger partial charge >= 0.3 is 0 Å². The Morgan fingerprint density at radius 2 is 1.80 bits per heavy atom. The van der Waals surface area contributed by atoms with Gasteiger partial charge in [-0.1, -0.05) is 46.9 Å². The SMILES string of the molecule is O=C(Nc1ccn(Cc2c(F)cccc2Cl)n1)c1cccc(Cl)c1Cl. The molecule has 1 heterocycles. The third kappa shape index (κ3) is 3.95. The molecule has 0 spiro atoms. The predicted octanol–water partition coefficient (Wildman–Crippen LogP) is 5.28. The minimum absolute atomic E-state index is 0.138. The maximum atomic E-state index is 13.8. The van der Waals surface area contributed by atoms with Crippen LogP contribution in [0.4, 0.5) is 10.2 Å². The standard InChI is InChI=1S/C17H11Cl3FN3O/c18-12-4-2-6-14(21)11(12)9-24-8-7-15(23-24)22-17(25)10-3-1-5-13(19)16(10)20/h1-8H,9H2,(H,22,23,25). The smallest absolute Gasteiger partial charge is 0.258 e. The number of nitrogens with zero attached hydrogens (tertiary/aromatic N) is 2. The summed E-state index contributed by atoms with van der Waals surface area (Å²) in [5, 5.41) is 7.57. The summed E-state index contributed by atoms with van der Waals surface area (Å²) in [6.45, 7) is 0.138. The predicted molar refractivity (Wildman–Crippen MR) is 97.2 cm³/mol. The molecule has 8 heteroatoms. The molecule has 0 saturated heterocycles. The number of carbonyl (C=O) groups excluding carboxylic acids is 1. The molecule has 0 radical (unpaired) electrons. The van der Waals surface area contributed by atoms with E-state index >= 15 is 0 Å². The van der Waals surface area contributed by atoms with Gasteiger partial charge in [0.15, 0.2) is 5.82 Å². The van der Waals surface area contributed by atoms with Crippen LogP contribution in [0.25, 0.3) is 0 Å². The van der Waals surface area contributed by atoms with E-state index in [-0.39, 0.29) is 22.2 Å². The van der Waals surface area contributed by atoms with Gasteiger partial charge < -0.3 is 5.32 Å². The first kappa shape index (κ1) is 17.7. The molecule has 0 unspecified atom stereocenters. The number of rotatable bonds is 4. The summed E-state index contributed by atoms with van der Waals surface area (Å²) in [6, 6.07) is 10.8. The number of hydrogen-bond donors (Lipinski definition) is 1. The zero-order valence-corrected chi connectivity index (χ0v) is 14.9. The van der Waals surface area contributed by atoms with E-state index in [9.17, 15) is 9.18 Å².